The molecule has 0 radical (unpaired) electrons. The largest absolute Gasteiger partial charge is 0.367 e. The van der Waals surface area contributed by atoms with Crippen molar-refractivity contribution in [2.45, 2.75) is 16.8 Å². The first-order valence-electron chi connectivity index (χ1n) is 8.56. The van der Waals surface area contributed by atoms with Crippen LogP contribution < -0.4 is 5.32 Å². The van der Waals surface area contributed by atoms with Crippen LogP contribution in [0.15, 0.2) is 47.8 Å². The minimum atomic E-state index is 0.593. The predicted molar refractivity (Wildman–Crippen MR) is 98.3 cm³/mol. The van der Waals surface area contributed by atoms with Crippen molar-refractivity contribution in [3.63, 3.8) is 0 Å². The Morgan fingerprint density at radius 3 is 2.67 bits per heavy atom. The molecule has 1 atom stereocenters. The quantitative estimate of drug-likeness (QED) is 0.813. The van der Waals surface area contributed by atoms with Crippen molar-refractivity contribution in [2.24, 2.45) is 0 Å². The molecular weight excluding hydrogens is 318 g/mol. The van der Waals surface area contributed by atoms with Crippen LogP contribution in [-0.2, 0) is 5.75 Å². The maximum atomic E-state index is 4.69. The summed E-state index contributed by atoms with van der Waals surface area (Å²) in [6.07, 6.45) is 3.67. The zero-order valence-corrected chi connectivity index (χ0v) is 14.6. The molecule has 0 aliphatic carbocycles. The number of nitrogens with one attached hydrogen (secondary N) is 1. The molecule has 6 heteroatoms. The number of thioether (sulfide) groups is 1. The summed E-state index contributed by atoms with van der Waals surface area (Å²) in [7, 11) is 0. The fourth-order valence-electron chi connectivity index (χ4n) is 3.37. The second-order valence-electron chi connectivity index (χ2n) is 6.39. The molecule has 5 rings (SSSR count). The topological polar surface area (TPSA) is 44.3 Å². The fourth-order valence-corrected chi connectivity index (χ4v) is 4.18. The van der Waals surface area contributed by atoms with Gasteiger partial charge in [0.15, 0.2) is 0 Å². The maximum absolute atomic E-state index is 4.69. The van der Waals surface area contributed by atoms with Crippen LogP contribution >= 0.6 is 11.8 Å². The van der Waals surface area contributed by atoms with Gasteiger partial charge in [0.2, 0.25) is 0 Å². The van der Waals surface area contributed by atoms with Gasteiger partial charge < -0.3 is 5.32 Å². The zero-order chi connectivity index (χ0) is 16.2. The van der Waals surface area contributed by atoms with Crippen molar-refractivity contribution >= 4 is 17.6 Å². The van der Waals surface area contributed by atoms with Gasteiger partial charge in [-0.3, -0.25) is 14.8 Å². The summed E-state index contributed by atoms with van der Waals surface area (Å²) in [6, 6.07) is 11.1. The molecule has 3 fully saturated rings. The average Bonchev–Trinajstić information content (AvgIpc) is 2.67. The van der Waals surface area contributed by atoms with Crippen LogP contribution in [0.5, 0.6) is 0 Å². The molecule has 3 saturated heterocycles. The Morgan fingerprint density at radius 2 is 1.92 bits per heavy atom. The van der Waals surface area contributed by atoms with Gasteiger partial charge in [-0.15, -0.1) is 11.8 Å². The lowest BCUT2D eigenvalue weighted by atomic mass is 10.1. The van der Waals surface area contributed by atoms with Gasteiger partial charge in [-0.05, 0) is 5.56 Å². The summed E-state index contributed by atoms with van der Waals surface area (Å²) < 4.78 is 0. The van der Waals surface area contributed by atoms with Gasteiger partial charge in [0.25, 0.3) is 0 Å². The van der Waals surface area contributed by atoms with Gasteiger partial charge in [-0.1, -0.05) is 30.3 Å². The highest BCUT2D eigenvalue weighted by Gasteiger charge is 2.31. The van der Waals surface area contributed by atoms with Crippen LogP contribution in [0.1, 0.15) is 5.56 Å². The molecule has 24 heavy (non-hydrogen) atoms. The van der Waals surface area contributed by atoms with E-state index in [0.29, 0.717) is 6.04 Å². The van der Waals surface area contributed by atoms with Crippen molar-refractivity contribution in [1.29, 1.82) is 0 Å². The number of nitrogens with zero attached hydrogens (tertiary/aromatic N) is 4. The number of benzene rings is 1. The van der Waals surface area contributed by atoms with Crippen molar-refractivity contribution in [3.8, 4) is 0 Å². The van der Waals surface area contributed by atoms with Crippen molar-refractivity contribution in [2.75, 3.05) is 44.6 Å². The lowest BCUT2D eigenvalue weighted by Crippen LogP contribution is -2.62. The molecule has 2 aromatic rings. The summed E-state index contributed by atoms with van der Waals surface area (Å²) in [5.74, 6) is 1.80. The highest BCUT2D eigenvalue weighted by Crippen LogP contribution is 2.21. The summed E-state index contributed by atoms with van der Waals surface area (Å²) in [5, 5.41) is 4.45. The second kappa shape index (κ2) is 7.51. The van der Waals surface area contributed by atoms with E-state index in [1.165, 1.54) is 38.3 Å². The fraction of sp³-hybridized carbons (Fsp3) is 0.444. The third-order valence-corrected chi connectivity index (χ3v) is 5.72. The lowest BCUT2D eigenvalue weighted by Gasteiger charge is -2.47. The number of anilines is 1. The number of hydrogen-bond acceptors (Lipinski definition) is 6. The third kappa shape index (κ3) is 3.88. The van der Waals surface area contributed by atoms with Gasteiger partial charge in [-0.2, -0.15) is 0 Å². The van der Waals surface area contributed by atoms with Gasteiger partial charge in [-0.25, -0.2) is 4.98 Å². The van der Waals surface area contributed by atoms with Crippen LogP contribution in [0.2, 0.25) is 0 Å². The molecule has 0 saturated carbocycles. The lowest BCUT2D eigenvalue weighted by molar-refractivity contribution is 0.0189. The summed E-state index contributed by atoms with van der Waals surface area (Å²) in [4.78, 5) is 14.2. The molecule has 1 unspecified atom stereocenters. The Labute approximate surface area is 147 Å². The third-order valence-electron chi connectivity index (χ3n) is 4.75. The van der Waals surface area contributed by atoms with E-state index in [9.17, 15) is 0 Å². The molecule has 4 heterocycles. The van der Waals surface area contributed by atoms with Crippen LogP contribution in [0, 0.1) is 0 Å². The average molecular weight is 341 g/mol. The van der Waals surface area contributed by atoms with Crippen molar-refractivity contribution in [3.05, 3.63) is 48.3 Å². The Bertz CT molecular complexity index is 657. The molecule has 2 bridgehead atoms. The van der Waals surface area contributed by atoms with E-state index in [0.717, 1.165) is 23.1 Å². The Hall–Kier alpha value is -1.63. The molecule has 0 amide bonds. The standard InChI is InChI=1S/C18H23N5S/c1-2-4-15(5-3-1)14-24-18-12-19-11-17(21-18)20-10-16-13-22-6-8-23(16)9-7-22/h1-5,11-12,16H,6-10,13-14H2,(H,20,21). The molecule has 0 spiro atoms. The van der Waals surface area contributed by atoms with E-state index in [1.54, 1.807) is 11.8 Å². The second-order valence-corrected chi connectivity index (χ2v) is 7.38. The molecule has 3 aliphatic heterocycles. The highest BCUT2D eigenvalue weighted by atomic mass is 32.2. The first kappa shape index (κ1) is 15.9. The number of aromatic nitrogens is 2. The Balaban J connectivity index is 1.31. The Morgan fingerprint density at radius 1 is 1.08 bits per heavy atom. The summed E-state index contributed by atoms with van der Waals surface area (Å²) >= 11 is 1.73. The molecule has 5 nitrogen and oxygen atoms in total. The van der Waals surface area contributed by atoms with E-state index in [1.807, 2.05) is 18.5 Å². The van der Waals surface area contributed by atoms with Crippen molar-refractivity contribution in [1.82, 2.24) is 19.8 Å². The van der Waals surface area contributed by atoms with Gasteiger partial charge in [0.1, 0.15) is 10.8 Å². The van der Waals surface area contributed by atoms with Crippen molar-refractivity contribution < 1.29 is 0 Å². The highest BCUT2D eigenvalue weighted by molar-refractivity contribution is 7.98. The number of hydrogen-bond donors (Lipinski definition) is 1. The maximum Gasteiger partial charge on any atom is 0.145 e. The number of fused-ring (bicyclic) bond motifs is 3. The summed E-state index contributed by atoms with van der Waals surface area (Å²) in [6.45, 7) is 6.96. The minimum absolute atomic E-state index is 0.593. The van der Waals surface area contributed by atoms with Crippen LogP contribution in [0.4, 0.5) is 5.82 Å². The molecular formula is C18H23N5S. The molecule has 126 valence electrons. The Kier molecular flexibility index (Phi) is 4.96. The minimum Gasteiger partial charge on any atom is -0.367 e. The molecule has 1 N–H and O–H groups in total. The van der Waals surface area contributed by atoms with E-state index >= 15 is 0 Å². The SMILES string of the molecule is c1ccc(CSc2cncc(NCC3CN4CCN3CC4)n2)cc1. The number of rotatable bonds is 6. The van der Waals surface area contributed by atoms with Gasteiger partial charge in [0, 0.05) is 51.1 Å². The van der Waals surface area contributed by atoms with E-state index < -0.39 is 0 Å². The van der Waals surface area contributed by atoms with Gasteiger partial charge in [0.05, 0.1) is 12.4 Å². The van der Waals surface area contributed by atoms with Gasteiger partial charge >= 0.3 is 0 Å². The first-order valence-corrected chi connectivity index (χ1v) is 9.54. The van der Waals surface area contributed by atoms with E-state index in [2.05, 4.69) is 44.4 Å². The van der Waals surface area contributed by atoms with Crippen LogP contribution in [0.3, 0.4) is 0 Å². The number of piperazine rings is 3. The zero-order valence-electron chi connectivity index (χ0n) is 13.8. The van der Waals surface area contributed by atoms with E-state index in [-0.39, 0.29) is 0 Å². The van der Waals surface area contributed by atoms with Crippen LogP contribution in [0.25, 0.3) is 0 Å². The predicted octanol–water partition coefficient (Wildman–Crippen LogP) is 2.18. The smallest absolute Gasteiger partial charge is 0.145 e. The molecule has 1 aromatic heterocycles. The van der Waals surface area contributed by atoms with E-state index in [4.69, 9.17) is 4.98 Å². The molecule has 1 aromatic carbocycles. The summed E-state index contributed by atoms with van der Waals surface area (Å²) in [5.41, 5.74) is 1.31. The molecule has 3 aliphatic rings. The van der Waals surface area contributed by atoms with Crippen LogP contribution in [-0.4, -0.2) is 65.1 Å². The monoisotopic (exact) mass is 341 g/mol. The first-order chi connectivity index (χ1) is 11.9. The normalized spacial score (nSPS) is 25.6.